The van der Waals surface area contributed by atoms with E-state index < -0.39 is 0 Å². The van der Waals surface area contributed by atoms with Crippen LogP contribution in [0.15, 0.2) is 51.7 Å². The Morgan fingerprint density at radius 2 is 1.74 bits per heavy atom. The van der Waals surface area contributed by atoms with Crippen molar-refractivity contribution < 1.29 is 13.9 Å². The third-order valence-electron chi connectivity index (χ3n) is 6.49. The van der Waals surface area contributed by atoms with Crippen LogP contribution in [0.4, 0.5) is 0 Å². The number of aryl methyl sites for hydroxylation is 2. The van der Waals surface area contributed by atoms with Crippen molar-refractivity contribution in [3.8, 4) is 0 Å². The van der Waals surface area contributed by atoms with Gasteiger partial charge >= 0.3 is 0 Å². The number of fused-ring (bicyclic) bond motifs is 1. The average Bonchev–Trinajstić information content (AvgIpc) is 2.80. The van der Waals surface area contributed by atoms with E-state index in [0.29, 0.717) is 30.7 Å². The van der Waals surface area contributed by atoms with Crippen LogP contribution in [0.1, 0.15) is 59.6 Å². The summed E-state index contributed by atoms with van der Waals surface area (Å²) in [5.41, 5.74) is 4.57. The zero-order chi connectivity index (χ0) is 24.5. The zero-order valence-corrected chi connectivity index (χ0v) is 20.7. The van der Waals surface area contributed by atoms with Crippen LogP contribution in [0.5, 0.6) is 0 Å². The van der Waals surface area contributed by atoms with Crippen LogP contribution in [0, 0.1) is 13.8 Å². The number of morpholine rings is 1. The maximum absolute atomic E-state index is 13.0. The van der Waals surface area contributed by atoms with Crippen molar-refractivity contribution >= 4 is 16.9 Å². The van der Waals surface area contributed by atoms with E-state index in [1.54, 1.807) is 6.07 Å². The number of carbonyl (C=O) groups is 1. The summed E-state index contributed by atoms with van der Waals surface area (Å²) in [7, 11) is 0. The Bertz CT molecular complexity index is 1230. The molecule has 1 saturated heterocycles. The van der Waals surface area contributed by atoms with Gasteiger partial charge in [0.05, 0.1) is 24.6 Å². The third-order valence-corrected chi connectivity index (χ3v) is 6.49. The van der Waals surface area contributed by atoms with Crippen LogP contribution < -0.4 is 10.7 Å². The van der Waals surface area contributed by atoms with Gasteiger partial charge in [-0.3, -0.25) is 14.5 Å². The quantitative estimate of drug-likeness (QED) is 0.604. The minimum absolute atomic E-state index is 0.00145. The molecule has 1 amide bonds. The SMILES string of the molecule is Cc1cc(C)c2oc(C(=O)NCC(c3ccc(C(C)(C)C)cc3)N3CCOCC3)cc(=O)c2c1. The standard InChI is InChI=1S/C28H34N2O4/c1-18-14-19(2)26-22(15-18)24(31)16-25(34-26)27(32)29-17-23(30-10-12-33-13-11-30)20-6-8-21(9-7-20)28(3,4)5/h6-9,14-16,23H,10-13,17H2,1-5H3,(H,29,32). The molecule has 0 aliphatic carbocycles. The normalized spacial score (nSPS) is 15.9. The molecule has 0 radical (unpaired) electrons. The molecule has 0 bridgehead atoms. The molecule has 34 heavy (non-hydrogen) atoms. The summed E-state index contributed by atoms with van der Waals surface area (Å²) < 4.78 is 11.4. The first-order chi connectivity index (χ1) is 16.1. The lowest BCUT2D eigenvalue weighted by molar-refractivity contribution is 0.0161. The monoisotopic (exact) mass is 462 g/mol. The van der Waals surface area contributed by atoms with Gasteiger partial charge in [0.15, 0.2) is 11.2 Å². The highest BCUT2D eigenvalue weighted by Gasteiger charge is 2.25. The molecule has 3 aromatic rings. The molecule has 1 aliphatic heterocycles. The highest BCUT2D eigenvalue weighted by Crippen LogP contribution is 2.27. The van der Waals surface area contributed by atoms with Crippen molar-refractivity contribution in [1.82, 2.24) is 10.2 Å². The molecule has 1 fully saturated rings. The van der Waals surface area contributed by atoms with Crippen LogP contribution in [-0.4, -0.2) is 43.7 Å². The van der Waals surface area contributed by atoms with Crippen molar-refractivity contribution in [3.63, 3.8) is 0 Å². The van der Waals surface area contributed by atoms with Gasteiger partial charge in [0.2, 0.25) is 0 Å². The van der Waals surface area contributed by atoms with E-state index >= 15 is 0 Å². The van der Waals surface area contributed by atoms with Gasteiger partial charge in [-0.1, -0.05) is 51.1 Å². The fraction of sp³-hybridized carbons (Fsp3) is 0.429. The first-order valence-electron chi connectivity index (χ1n) is 11.9. The van der Waals surface area contributed by atoms with Gasteiger partial charge in [-0.2, -0.15) is 0 Å². The number of benzene rings is 2. The molecule has 1 atom stereocenters. The number of nitrogens with zero attached hydrogens (tertiary/aromatic N) is 1. The second kappa shape index (κ2) is 9.72. The second-order valence-electron chi connectivity index (χ2n) is 10.2. The molecule has 1 aliphatic rings. The predicted molar refractivity (Wildman–Crippen MR) is 135 cm³/mol. The summed E-state index contributed by atoms with van der Waals surface area (Å²) in [6, 6.07) is 13.7. The Morgan fingerprint density at radius 1 is 1.06 bits per heavy atom. The molecule has 2 aromatic carbocycles. The average molecular weight is 463 g/mol. The maximum Gasteiger partial charge on any atom is 0.287 e. The number of amides is 1. The maximum atomic E-state index is 13.0. The molecule has 1 N–H and O–H groups in total. The molecule has 0 saturated carbocycles. The Hall–Kier alpha value is -2.96. The number of hydrogen-bond donors (Lipinski definition) is 1. The van der Waals surface area contributed by atoms with Crippen molar-refractivity contribution in [2.24, 2.45) is 0 Å². The smallest absolute Gasteiger partial charge is 0.287 e. The highest BCUT2D eigenvalue weighted by atomic mass is 16.5. The van der Waals surface area contributed by atoms with Crippen LogP contribution in [0.2, 0.25) is 0 Å². The van der Waals surface area contributed by atoms with Gasteiger partial charge in [0, 0.05) is 25.7 Å². The molecule has 180 valence electrons. The highest BCUT2D eigenvalue weighted by molar-refractivity contribution is 5.93. The summed E-state index contributed by atoms with van der Waals surface area (Å²) in [6.07, 6.45) is 0. The summed E-state index contributed by atoms with van der Waals surface area (Å²) in [4.78, 5) is 28.0. The van der Waals surface area contributed by atoms with E-state index in [0.717, 1.165) is 29.8 Å². The van der Waals surface area contributed by atoms with E-state index in [4.69, 9.17) is 9.15 Å². The molecule has 2 heterocycles. The Balaban J connectivity index is 1.57. The van der Waals surface area contributed by atoms with E-state index in [1.807, 2.05) is 19.9 Å². The summed E-state index contributed by atoms with van der Waals surface area (Å²) >= 11 is 0. The molecule has 6 nitrogen and oxygen atoms in total. The van der Waals surface area contributed by atoms with Crippen molar-refractivity contribution in [2.45, 2.75) is 46.1 Å². The lowest BCUT2D eigenvalue weighted by Gasteiger charge is -2.35. The fourth-order valence-corrected chi connectivity index (χ4v) is 4.55. The first kappa shape index (κ1) is 24.2. The fourth-order valence-electron chi connectivity index (χ4n) is 4.55. The van der Waals surface area contributed by atoms with E-state index in [1.165, 1.54) is 11.6 Å². The summed E-state index contributed by atoms with van der Waals surface area (Å²) in [5, 5.41) is 3.51. The molecule has 4 rings (SSSR count). The van der Waals surface area contributed by atoms with Crippen LogP contribution in [0.25, 0.3) is 11.0 Å². The lowest BCUT2D eigenvalue weighted by atomic mass is 9.86. The van der Waals surface area contributed by atoms with Gasteiger partial charge in [0.1, 0.15) is 5.58 Å². The molecule has 1 aromatic heterocycles. The number of nitrogens with one attached hydrogen (secondary N) is 1. The summed E-state index contributed by atoms with van der Waals surface area (Å²) in [5.74, 6) is -0.350. The van der Waals surface area contributed by atoms with Crippen molar-refractivity contribution in [3.05, 3.63) is 80.7 Å². The van der Waals surface area contributed by atoms with Gasteiger partial charge in [-0.25, -0.2) is 0 Å². The van der Waals surface area contributed by atoms with E-state index in [9.17, 15) is 9.59 Å². The Labute approximate surface area is 200 Å². The van der Waals surface area contributed by atoms with Gasteiger partial charge in [-0.05, 0) is 47.6 Å². The molecular formula is C28H34N2O4. The van der Waals surface area contributed by atoms with E-state index in [2.05, 4.69) is 55.3 Å². The van der Waals surface area contributed by atoms with Crippen LogP contribution >= 0.6 is 0 Å². The number of hydrogen-bond acceptors (Lipinski definition) is 5. The number of ether oxygens (including phenoxy) is 1. The zero-order valence-electron chi connectivity index (χ0n) is 20.7. The largest absolute Gasteiger partial charge is 0.450 e. The third kappa shape index (κ3) is 5.24. The van der Waals surface area contributed by atoms with Gasteiger partial charge in [-0.15, -0.1) is 0 Å². The minimum Gasteiger partial charge on any atom is -0.450 e. The molecule has 1 unspecified atom stereocenters. The van der Waals surface area contributed by atoms with Crippen LogP contribution in [0.3, 0.4) is 0 Å². The summed E-state index contributed by atoms with van der Waals surface area (Å²) in [6.45, 7) is 13.7. The van der Waals surface area contributed by atoms with Crippen molar-refractivity contribution in [1.29, 1.82) is 0 Å². The molecule has 6 heteroatoms. The minimum atomic E-state index is -0.386. The second-order valence-corrected chi connectivity index (χ2v) is 10.2. The molecule has 0 spiro atoms. The first-order valence-corrected chi connectivity index (χ1v) is 11.9. The van der Waals surface area contributed by atoms with Gasteiger partial charge in [0.25, 0.3) is 5.91 Å². The van der Waals surface area contributed by atoms with Gasteiger partial charge < -0.3 is 14.5 Å². The topological polar surface area (TPSA) is 71.8 Å². The van der Waals surface area contributed by atoms with Crippen LogP contribution in [-0.2, 0) is 10.2 Å². The number of carbonyl (C=O) groups excluding carboxylic acids is 1. The lowest BCUT2D eigenvalue weighted by Crippen LogP contribution is -2.43. The Kier molecular flexibility index (Phi) is 6.91. The molecular weight excluding hydrogens is 428 g/mol. The Morgan fingerprint density at radius 3 is 2.38 bits per heavy atom. The number of rotatable bonds is 5. The predicted octanol–water partition coefficient (Wildman–Crippen LogP) is 4.51. The van der Waals surface area contributed by atoms with Crippen molar-refractivity contribution in [2.75, 3.05) is 32.8 Å². The van der Waals surface area contributed by atoms with E-state index in [-0.39, 0.29) is 28.6 Å².